The van der Waals surface area contributed by atoms with E-state index in [0.717, 1.165) is 19.5 Å². The lowest BCUT2D eigenvalue weighted by molar-refractivity contribution is 0.195. The predicted octanol–water partition coefficient (Wildman–Crippen LogP) is 2.05. The zero-order chi connectivity index (χ0) is 8.55. The van der Waals surface area contributed by atoms with E-state index in [-0.39, 0.29) is 0 Å². The van der Waals surface area contributed by atoms with Gasteiger partial charge in [-0.2, -0.15) is 0 Å². The second-order valence-electron chi connectivity index (χ2n) is 3.68. The molecule has 0 aliphatic carbocycles. The SMILES string of the molecule is CC(C)N1CCc2occc2C1. The van der Waals surface area contributed by atoms with E-state index in [1.165, 1.54) is 11.3 Å². The molecule has 0 fully saturated rings. The second kappa shape index (κ2) is 2.94. The molecule has 0 unspecified atom stereocenters. The molecule has 0 spiro atoms. The molecular weight excluding hydrogens is 150 g/mol. The Kier molecular flexibility index (Phi) is 1.93. The monoisotopic (exact) mass is 165 g/mol. The van der Waals surface area contributed by atoms with E-state index >= 15 is 0 Å². The maximum absolute atomic E-state index is 5.36. The van der Waals surface area contributed by atoms with Gasteiger partial charge in [0.25, 0.3) is 0 Å². The van der Waals surface area contributed by atoms with Crippen molar-refractivity contribution in [3.8, 4) is 0 Å². The van der Waals surface area contributed by atoms with Gasteiger partial charge in [-0.3, -0.25) is 4.90 Å². The number of hydrogen-bond acceptors (Lipinski definition) is 2. The summed E-state index contributed by atoms with van der Waals surface area (Å²) < 4.78 is 5.36. The van der Waals surface area contributed by atoms with Gasteiger partial charge in [0.2, 0.25) is 0 Å². The van der Waals surface area contributed by atoms with Crippen LogP contribution in [0, 0.1) is 0 Å². The molecule has 12 heavy (non-hydrogen) atoms. The highest BCUT2D eigenvalue weighted by Crippen LogP contribution is 2.20. The second-order valence-corrected chi connectivity index (χ2v) is 3.68. The lowest BCUT2D eigenvalue weighted by atomic mass is 10.1. The van der Waals surface area contributed by atoms with Gasteiger partial charge in [0.1, 0.15) is 5.76 Å². The van der Waals surface area contributed by atoms with Crippen LogP contribution in [0.3, 0.4) is 0 Å². The normalized spacial score (nSPS) is 18.2. The van der Waals surface area contributed by atoms with E-state index in [2.05, 4.69) is 24.8 Å². The van der Waals surface area contributed by atoms with Crippen LogP contribution in [0.4, 0.5) is 0 Å². The third-order valence-corrected chi connectivity index (χ3v) is 2.57. The van der Waals surface area contributed by atoms with Crippen molar-refractivity contribution in [2.75, 3.05) is 6.54 Å². The van der Waals surface area contributed by atoms with Crippen LogP contribution in [-0.4, -0.2) is 17.5 Å². The summed E-state index contributed by atoms with van der Waals surface area (Å²) in [4.78, 5) is 2.47. The first kappa shape index (κ1) is 7.87. The van der Waals surface area contributed by atoms with Crippen molar-refractivity contribution in [3.05, 3.63) is 23.7 Å². The Morgan fingerprint density at radius 1 is 1.50 bits per heavy atom. The third-order valence-electron chi connectivity index (χ3n) is 2.57. The van der Waals surface area contributed by atoms with Crippen molar-refractivity contribution in [3.63, 3.8) is 0 Å². The first-order valence-electron chi connectivity index (χ1n) is 4.56. The summed E-state index contributed by atoms with van der Waals surface area (Å²) in [7, 11) is 0. The average Bonchev–Trinajstić information content (AvgIpc) is 2.49. The minimum absolute atomic E-state index is 0.646. The fourth-order valence-corrected chi connectivity index (χ4v) is 1.71. The molecular formula is C10H15NO. The highest BCUT2D eigenvalue weighted by Gasteiger charge is 2.19. The maximum atomic E-state index is 5.36. The van der Waals surface area contributed by atoms with Crippen molar-refractivity contribution < 1.29 is 4.42 Å². The van der Waals surface area contributed by atoms with E-state index in [4.69, 9.17) is 4.42 Å². The molecule has 0 saturated carbocycles. The quantitative estimate of drug-likeness (QED) is 0.633. The smallest absolute Gasteiger partial charge is 0.109 e. The van der Waals surface area contributed by atoms with Crippen LogP contribution in [-0.2, 0) is 13.0 Å². The van der Waals surface area contributed by atoms with Crippen molar-refractivity contribution in [2.24, 2.45) is 0 Å². The van der Waals surface area contributed by atoms with Gasteiger partial charge in [-0.05, 0) is 19.9 Å². The maximum Gasteiger partial charge on any atom is 0.109 e. The summed E-state index contributed by atoms with van der Waals surface area (Å²) in [6.07, 6.45) is 2.87. The molecule has 1 aliphatic heterocycles. The lowest BCUT2D eigenvalue weighted by Gasteiger charge is -2.29. The molecule has 66 valence electrons. The fourth-order valence-electron chi connectivity index (χ4n) is 1.71. The van der Waals surface area contributed by atoms with Crippen molar-refractivity contribution in [1.29, 1.82) is 0 Å². The van der Waals surface area contributed by atoms with Crippen LogP contribution in [0.1, 0.15) is 25.2 Å². The van der Waals surface area contributed by atoms with E-state index in [9.17, 15) is 0 Å². The molecule has 0 radical (unpaired) electrons. The van der Waals surface area contributed by atoms with Gasteiger partial charge in [-0.25, -0.2) is 0 Å². The Morgan fingerprint density at radius 2 is 2.33 bits per heavy atom. The number of nitrogens with zero attached hydrogens (tertiary/aromatic N) is 1. The van der Waals surface area contributed by atoms with Crippen LogP contribution >= 0.6 is 0 Å². The molecule has 0 atom stereocenters. The van der Waals surface area contributed by atoms with Gasteiger partial charge < -0.3 is 4.42 Å². The van der Waals surface area contributed by atoms with E-state index in [1.54, 1.807) is 6.26 Å². The third kappa shape index (κ3) is 1.27. The molecule has 1 aliphatic rings. The van der Waals surface area contributed by atoms with Gasteiger partial charge in [-0.1, -0.05) is 0 Å². The Morgan fingerprint density at radius 3 is 3.08 bits per heavy atom. The number of furan rings is 1. The van der Waals surface area contributed by atoms with Gasteiger partial charge in [0, 0.05) is 31.1 Å². The van der Waals surface area contributed by atoms with Crippen LogP contribution in [0.25, 0.3) is 0 Å². The van der Waals surface area contributed by atoms with Crippen molar-refractivity contribution in [2.45, 2.75) is 32.9 Å². The van der Waals surface area contributed by atoms with Crippen molar-refractivity contribution >= 4 is 0 Å². The summed E-state index contributed by atoms with van der Waals surface area (Å²) in [5.41, 5.74) is 1.37. The molecule has 2 rings (SSSR count). The molecule has 2 nitrogen and oxygen atoms in total. The summed E-state index contributed by atoms with van der Waals surface area (Å²) in [5, 5.41) is 0. The van der Waals surface area contributed by atoms with Crippen LogP contribution in [0.5, 0.6) is 0 Å². The minimum Gasteiger partial charge on any atom is -0.469 e. The van der Waals surface area contributed by atoms with Crippen molar-refractivity contribution in [1.82, 2.24) is 4.90 Å². The topological polar surface area (TPSA) is 16.4 Å². The first-order valence-corrected chi connectivity index (χ1v) is 4.56. The number of fused-ring (bicyclic) bond motifs is 1. The van der Waals surface area contributed by atoms with E-state index in [0.29, 0.717) is 6.04 Å². The Hall–Kier alpha value is -0.760. The summed E-state index contributed by atoms with van der Waals surface area (Å²) in [5.74, 6) is 1.19. The molecule has 2 heteroatoms. The molecule has 1 aromatic heterocycles. The Balaban J connectivity index is 2.15. The highest BCUT2D eigenvalue weighted by atomic mass is 16.3. The van der Waals surface area contributed by atoms with Crippen LogP contribution < -0.4 is 0 Å². The molecule has 1 aromatic rings. The fraction of sp³-hybridized carbons (Fsp3) is 0.600. The predicted molar refractivity (Wildman–Crippen MR) is 48.0 cm³/mol. The Bertz CT molecular complexity index is 265. The molecule has 2 heterocycles. The average molecular weight is 165 g/mol. The van der Waals surface area contributed by atoms with E-state index < -0.39 is 0 Å². The standard InChI is InChI=1S/C10H15NO/c1-8(2)11-5-3-10-9(7-11)4-6-12-10/h4,6,8H,3,5,7H2,1-2H3. The minimum atomic E-state index is 0.646. The van der Waals surface area contributed by atoms with Crippen LogP contribution in [0.15, 0.2) is 16.7 Å². The molecule has 0 bridgehead atoms. The number of rotatable bonds is 1. The largest absolute Gasteiger partial charge is 0.469 e. The zero-order valence-electron chi connectivity index (χ0n) is 7.71. The molecule has 0 aromatic carbocycles. The molecule has 0 saturated heterocycles. The van der Waals surface area contributed by atoms with Gasteiger partial charge in [0.05, 0.1) is 6.26 Å². The summed E-state index contributed by atoms with van der Waals surface area (Å²) in [6, 6.07) is 2.73. The highest BCUT2D eigenvalue weighted by molar-refractivity contribution is 5.19. The van der Waals surface area contributed by atoms with E-state index in [1.807, 2.05) is 0 Å². The lowest BCUT2D eigenvalue weighted by Crippen LogP contribution is -2.35. The zero-order valence-corrected chi connectivity index (χ0v) is 7.71. The summed E-state index contributed by atoms with van der Waals surface area (Å²) in [6.45, 7) is 6.68. The summed E-state index contributed by atoms with van der Waals surface area (Å²) >= 11 is 0. The van der Waals surface area contributed by atoms with Gasteiger partial charge >= 0.3 is 0 Å². The molecule has 0 N–H and O–H groups in total. The van der Waals surface area contributed by atoms with Gasteiger partial charge in [-0.15, -0.1) is 0 Å². The number of hydrogen-bond donors (Lipinski definition) is 0. The first-order chi connectivity index (χ1) is 5.77. The molecule has 0 amide bonds. The Labute approximate surface area is 73.2 Å². The van der Waals surface area contributed by atoms with Gasteiger partial charge in [0.15, 0.2) is 0 Å². The van der Waals surface area contributed by atoms with Crippen LogP contribution in [0.2, 0.25) is 0 Å².